The summed E-state index contributed by atoms with van der Waals surface area (Å²) >= 11 is 0. The Kier molecular flexibility index (Phi) is 15.7. The van der Waals surface area contributed by atoms with Crippen molar-refractivity contribution < 1.29 is 0 Å². The molecule has 0 aliphatic rings. The average molecular weight is 250 g/mol. The van der Waals surface area contributed by atoms with Crippen LogP contribution in [0.2, 0.25) is 0 Å². The van der Waals surface area contributed by atoms with E-state index in [-0.39, 0.29) is 0 Å². The van der Waals surface area contributed by atoms with Gasteiger partial charge in [0.25, 0.3) is 0 Å². The minimum atomic E-state index is 0.381. The Morgan fingerprint density at radius 2 is 1.33 bits per heavy atom. The molecule has 94 valence electrons. The van der Waals surface area contributed by atoms with Gasteiger partial charge in [0, 0.05) is 0 Å². The van der Waals surface area contributed by atoms with Crippen molar-refractivity contribution >= 4 is 16.5 Å². The molecule has 1 unspecified atom stereocenters. The third-order valence-corrected chi connectivity index (χ3v) is 8.01. The Bertz CT molecular complexity index is 92.7. The minimum absolute atomic E-state index is 0.381. The van der Waals surface area contributed by atoms with Gasteiger partial charge in [-0.1, -0.05) is 0 Å². The summed E-state index contributed by atoms with van der Waals surface area (Å²) in [5, 5.41) is 0. The third-order valence-electron chi connectivity index (χ3n) is 2.91. The SMILES string of the molecule is CCCCCCCCCP[PH3]CCCC. The van der Waals surface area contributed by atoms with E-state index in [1.54, 1.807) is 12.3 Å². The van der Waals surface area contributed by atoms with Gasteiger partial charge >= 0.3 is 100 Å². The van der Waals surface area contributed by atoms with Crippen molar-refractivity contribution in [2.24, 2.45) is 0 Å². The quantitative estimate of drug-likeness (QED) is 0.327. The van der Waals surface area contributed by atoms with E-state index in [0.717, 1.165) is 0 Å². The van der Waals surface area contributed by atoms with Gasteiger partial charge in [0.15, 0.2) is 0 Å². The zero-order valence-corrected chi connectivity index (χ0v) is 13.4. The van der Waals surface area contributed by atoms with E-state index in [0.29, 0.717) is 8.27 Å². The Morgan fingerprint density at radius 1 is 0.733 bits per heavy atom. The van der Waals surface area contributed by atoms with Gasteiger partial charge < -0.3 is 0 Å². The molecule has 0 heterocycles. The molecular formula is C13H32P2. The van der Waals surface area contributed by atoms with Crippen LogP contribution in [0.1, 0.15) is 71.6 Å². The molecule has 0 rings (SSSR count). The van der Waals surface area contributed by atoms with Crippen LogP contribution in [0.5, 0.6) is 0 Å². The van der Waals surface area contributed by atoms with Crippen molar-refractivity contribution in [1.29, 1.82) is 0 Å². The van der Waals surface area contributed by atoms with Crippen LogP contribution in [0.4, 0.5) is 0 Å². The van der Waals surface area contributed by atoms with Gasteiger partial charge in [-0.25, -0.2) is 0 Å². The Morgan fingerprint density at radius 3 is 2.00 bits per heavy atom. The summed E-state index contributed by atoms with van der Waals surface area (Å²) in [6.07, 6.45) is 16.5. The van der Waals surface area contributed by atoms with Crippen LogP contribution >= 0.6 is 16.5 Å². The zero-order valence-electron chi connectivity index (χ0n) is 11.0. The maximum atomic E-state index is 2.31. The molecule has 0 spiro atoms. The van der Waals surface area contributed by atoms with Crippen molar-refractivity contribution in [3.8, 4) is 0 Å². The van der Waals surface area contributed by atoms with Crippen molar-refractivity contribution in [2.75, 3.05) is 12.3 Å². The number of hydrogen-bond acceptors (Lipinski definition) is 0. The van der Waals surface area contributed by atoms with E-state index < -0.39 is 0 Å². The first-order valence-electron chi connectivity index (χ1n) is 7.12. The second-order valence-corrected chi connectivity index (χ2v) is 9.79. The van der Waals surface area contributed by atoms with Gasteiger partial charge in [0.1, 0.15) is 0 Å². The van der Waals surface area contributed by atoms with Crippen LogP contribution in [0.15, 0.2) is 0 Å². The molecule has 15 heavy (non-hydrogen) atoms. The van der Waals surface area contributed by atoms with Crippen molar-refractivity contribution in [2.45, 2.75) is 71.6 Å². The molecule has 0 aromatic rings. The second kappa shape index (κ2) is 14.9. The predicted octanol–water partition coefficient (Wildman–Crippen LogP) is 5.27. The van der Waals surface area contributed by atoms with E-state index >= 15 is 0 Å². The standard InChI is InChI=1S/C13H32P2/c1-3-5-7-8-9-10-11-13-15-14-12-6-4-2/h15H,3-13H2,1-2,14H3. The molecule has 0 amide bonds. The normalized spacial score (nSPS) is 11.9. The topological polar surface area (TPSA) is 0 Å². The molecule has 0 radical (unpaired) electrons. The summed E-state index contributed by atoms with van der Waals surface area (Å²) in [5.41, 5.74) is 0. The molecule has 0 aromatic carbocycles. The van der Waals surface area contributed by atoms with Crippen molar-refractivity contribution in [1.82, 2.24) is 0 Å². The summed E-state index contributed by atoms with van der Waals surface area (Å²) in [5.74, 6) is 0. The zero-order chi connectivity index (χ0) is 11.2. The number of hydrogen-bond donors (Lipinski definition) is 0. The van der Waals surface area contributed by atoms with Gasteiger partial charge in [-0.2, -0.15) is 0 Å². The van der Waals surface area contributed by atoms with Crippen LogP contribution in [-0.2, 0) is 0 Å². The first kappa shape index (κ1) is 15.9. The molecule has 0 aromatic heterocycles. The maximum absolute atomic E-state index is 2.31. The molecule has 0 aliphatic heterocycles. The molecule has 0 saturated carbocycles. The fourth-order valence-electron chi connectivity index (χ4n) is 1.83. The van der Waals surface area contributed by atoms with E-state index in [1.807, 2.05) is 0 Å². The van der Waals surface area contributed by atoms with E-state index in [4.69, 9.17) is 0 Å². The van der Waals surface area contributed by atoms with Crippen LogP contribution < -0.4 is 0 Å². The van der Waals surface area contributed by atoms with Crippen LogP contribution in [-0.4, -0.2) is 12.3 Å². The van der Waals surface area contributed by atoms with E-state index in [9.17, 15) is 0 Å². The molecule has 0 bridgehead atoms. The van der Waals surface area contributed by atoms with Crippen molar-refractivity contribution in [3.05, 3.63) is 0 Å². The number of unbranched alkanes of at least 4 members (excludes halogenated alkanes) is 7. The Hall–Kier alpha value is 0.860. The molecule has 0 saturated heterocycles. The van der Waals surface area contributed by atoms with Gasteiger partial charge in [-0.05, 0) is 0 Å². The monoisotopic (exact) mass is 250 g/mol. The van der Waals surface area contributed by atoms with Crippen LogP contribution in [0, 0.1) is 0 Å². The molecule has 1 atom stereocenters. The Balaban J connectivity index is 2.81. The van der Waals surface area contributed by atoms with E-state index in [2.05, 4.69) is 13.8 Å². The average Bonchev–Trinajstić information content (AvgIpc) is 2.26. The molecule has 0 fully saturated rings. The molecule has 0 N–H and O–H groups in total. The molecule has 0 nitrogen and oxygen atoms in total. The fourth-order valence-corrected chi connectivity index (χ4v) is 6.58. The van der Waals surface area contributed by atoms with Crippen LogP contribution in [0.3, 0.4) is 0 Å². The Labute approximate surface area is 101 Å². The van der Waals surface area contributed by atoms with Crippen LogP contribution in [0.25, 0.3) is 0 Å². The first-order chi connectivity index (χ1) is 7.41. The van der Waals surface area contributed by atoms with E-state index in [1.165, 1.54) is 66.1 Å². The molecule has 2 heteroatoms. The van der Waals surface area contributed by atoms with Crippen molar-refractivity contribution in [3.63, 3.8) is 0 Å². The third kappa shape index (κ3) is 14.9. The predicted molar refractivity (Wildman–Crippen MR) is 82.1 cm³/mol. The summed E-state index contributed by atoms with van der Waals surface area (Å²) in [6.45, 7) is 4.61. The van der Waals surface area contributed by atoms with Gasteiger partial charge in [-0.15, -0.1) is 0 Å². The fraction of sp³-hybridized carbons (Fsp3) is 1.00. The molecule has 0 aliphatic carbocycles. The summed E-state index contributed by atoms with van der Waals surface area (Å²) in [4.78, 5) is 0. The first-order valence-corrected chi connectivity index (χ1v) is 11.7. The van der Waals surface area contributed by atoms with Gasteiger partial charge in [0.05, 0.1) is 0 Å². The summed E-state index contributed by atoms with van der Waals surface area (Å²) in [7, 11) is 1.77. The van der Waals surface area contributed by atoms with Gasteiger partial charge in [0.2, 0.25) is 0 Å². The molecular weight excluding hydrogens is 218 g/mol. The second-order valence-electron chi connectivity index (χ2n) is 4.58. The summed E-state index contributed by atoms with van der Waals surface area (Å²) in [6, 6.07) is 0. The number of rotatable bonds is 12. The van der Waals surface area contributed by atoms with Gasteiger partial charge in [-0.3, -0.25) is 0 Å². The summed E-state index contributed by atoms with van der Waals surface area (Å²) < 4.78 is 0.